The van der Waals surface area contributed by atoms with Gasteiger partial charge in [0.25, 0.3) is 0 Å². The highest BCUT2D eigenvalue weighted by Gasteiger charge is 2.11. The van der Waals surface area contributed by atoms with E-state index in [4.69, 9.17) is 9.84 Å². The standard InChI is InChI=1S/C16H18N2O3/c1-3-13(11-7-9-12(21-2)10-8-11)17-15-6-4-5-14(18-15)16(19)20/h4-10,13H,3H2,1-2H3,(H,17,18)(H,19,20). The smallest absolute Gasteiger partial charge is 0.354 e. The molecule has 0 amide bonds. The van der Waals surface area contributed by atoms with Crippen molar-refractivity contribution in [3.05, 3.63) is 53.7 Å². The zero-order valence-electron chi connectivity index (χ0n) is 12.0. The molecule has 110 valence electrons. The Kier molecular flexibility index (Phi) is 4.77. The van der Waals surface area contributed by atoms with Crippen LogP contribution in [0.15, 0.2) is 42.5 Å². The van der Waals surface area contributed by atoms with Crippen LogP contribution < -0.4 is 10.1 Å². The molecule has 1 aromatic heterocycles. The highest BCUT2D eigenvalue weighted by Crippen LogP contribution is 2.23. The maximum Gasteiger partial charge on any atom is 0.354 e. The lowest BCUT2D eigenvalue weighted by atomic mass is 10.0. The molecule has 0 aliphatic heterocycles. The van der Waals surface area contributed by atoms with E-state index in [0.29, 0.717) is 5.82 Å². The molecule has 2 rings (SSSR count). The SMILES string of the molecule is CCC(Nc1cccc(C(=O)O)n1)c1ccc(OC)cc1. The predicted molar refractivity (Wildman–Crippen MR) is 80.8 cm³/mol. The Bertz CT molecular complexity index is 611. The van der Waals surface area contributed by atoms with Gasteiger partial charge < -0.3 is 15.2 Å². The van der Waals surface area contributed by atoms with Gasteiger partial charge in [-0.25, -0.2) is 9.78 Å². The molecule has 2 aromatic rings. The molecule has 0 fully saturated rings. The molecule has 0 spiro atoms. The Balaban J connectivity index is 2.18. The summed E-state index contributed by atoms with van der Waals surface area (Å²) in [5, 5.41) is 12.2. The summed E-state index contributed by atoms with van der Waals surface area (Å²) in [6.07, 6.45) is 0.852. The second-order valence-corrected chi connectivity index (χ2v) is 4.59. The third-order valence-corrected chi connectivity index (χ3v) is 3.22. The summed E-state index contributed by atoms with van der Waals surface area (Å²) in [5.74, 6) is 0.327. The number of rotatable bonds is 6. The normalized spacial score (nSPS) is 11.7. The second kappa shape index (κ2) is 6.74. The molecule has 5 nitrogen and oxygen atoms in total. The average Bonchev–Trinajstić information content (AvgIpc) is 2.53. The van der Waals surface area contributed by atoms with Crippen LogP contribution in [0.5, 0.6) is 5.75 Å². The first kappa shape index (κ1) is 14.8. The Morgan fingerprint density at radius 2 is 2.00 bits per heavy atom. The van der Waals surface area contributed by atoms with Crippen LogP contribution in [0.4, 0.5) is 5.82 Å². The van der Waals surface area contributed by atoms with Crippen LogP contribution in [0.3, 0.4) is 0 Å². The van der Waals surface area contributed by atoms with Crippen molar-refractivity contribution in [3.8, 4) is 5.75 Å². The number of aromatic carboxylic acids is 1. The van der Waals surface area contributed by atoms with Gasteiger partial charge in [-0.3, -0.25) is 0 Å². The minimum absolute atomic E-state index is 0.0320. The number of carboxylic acid groups (broad SMARTS) is 1. The van der Waals surface area contributed by atoms with E-state index >= 15 is 0 Å². The number of ether oxygens (including phenoxy) is 1. The highest BCUT2D eigenvalue weighted by atomic mass is 16.5. The van der Waals surface area contributed by atoms with E-state index in [9.17, 15) is 4.79 Å². The number of benzene rings is 1. The predicted octanol–water partition coefficient (Wildman–Crippen LogP) is 3.35. The van der Waals surface area contributed by atoms with Crippen molar-refractivity contribution in [3.63, 3.8) is 0 Å². The molecule has 1 aromatic carbocycles. The lowest BCUT2D eigenvalue weighted by Gasteiger charge is -2.18. The number of hydrogen-bond acceptors (Lipinski definition) is 4. The number of methoxy groups -OCH3 is 1. The number of aromatic nitrogens is 1. The zero-order valence-corrected chi connectivity index (χ0v) is 12.0. The largest absolute Gasteiger partial charge is 0.497 e. The summed E-state index contributed by atoms with van der Waals surface area (Å²) in [6, 6.07) is 12.8. The molecule has 21 heavy (non-hydrogen) atoms. The van der Waals surface area contributed by atoms with E-state index < -0.39 is 5.97 Å². The number of carbonyl (C=O) groups is 1. The van der Waals surface area contributed by atoms with Crippen molar-refractivity contribution in [2.45, 2.75) is 19.4 Å². The Labute approximate surface area is 123 Å². The Hall–Kier alpha value is -2.56. The summed E-state index contributed by atoms with van der Waals surface area (Å²) in [6.45, 7) is 2.06. The van der Waals surface area contributed by atoms with Crippen LogP contribution >= 0.6 is 0 Å². The van der Waals surface area contributed by atoms with Crippen molar-refractivity contribution in [1.82, 2.24) is 4.98 Å². The molecule has 0 saturated carbocycles. The minimum atomic E-state index is -1.03. The summed E-state index contributed by atoms with van der Waals surface area (Å²) in [7, 11) is 1.63. The van der Waals surface area contributed by atoms with Gasteiger partial charge in [-0.15, -0.1) is 0 Å². The van der Waals surface area contributed by atoms with Crippen molar-refractivity contribution in [2.75, 3.05) is 12.4 Å². The van der Waals surface area contributed by atoms with Crippen molar-refractivity contribution in [1.29, 1.82) is 0 Å². The van der Waals surface area contributed by atoms with Gasteiger partial charge in [0.1, 0.15) is 11.6 Å². The van der Waals surface area contributed by atoms with Gasteiger partial charge in [-0.05, 0) is 36.2 Å². The first-order valence-electron chi connectivity index (χ1n) is 6.75. The number of hydrogen-bond donors (Lipinski definition) is 2. The number of nitrogens with one attached hydrogen (secondary N) is 1. The lowest BCUT2D eigenvalue weighted by molar-refractivity contribution is 0.0690. The highest BCUT2D eigenvalue weighted by molar-refractivity contribution is 5.85. The van der Waals surface area contributed by atoms with Crippen molar-refractivity contribution < 1.29 is 14.6 Å². The van der Waals surface area contributed by atoms with Gasteiger partial charge in [0.05, 0.1) is 13.2 Å². The fourth-order valence-corrected chi connectivity index (χ4v) is 2.07. The topological polar surface area (TPSA) is 71.5 Å². The van der Waals surface area contributed by atoms with Gasteiger partial charge in [-0.2, -0.15) is 0 Å². The van der Waals surface area contributed by atoms with E-state index in [2.05, 4.69) is 17.2 Å². The van der Waals surface area contributed by atoms with Crippen molar-refractivity contribution >= 4 is 11.8 Å². The first-order chi connectivity index (χ1) is 10.1. The molecule has 0 aliphatic rings. The van der Waals surface area contributed by atoms with Gasteiger partial charge in [-0.1, -0.05) is 25.1 Å². The summed E-state index contributed by atoms with van der Waals surface area (Å²) in [5.41, 5.74) is 1.13. The van der Waals surface area contributed by atoms with Crippen LogP contribution in [0.1, 0.15) is 35.4 Å². The number of anilines is 1. The minimum Gasteiger partial charge on any atom is -0.497 e. The molecular formula is C16H18N2O3. The van der Waals surface area contributed by atoms with E-state index in [-0.39, 0.29) is 11.7 Å². The molecule has 0 radical (unpaired) electrons. The number of nitrogens with zero attached hydrogens (tertiary/aromatic N) is 1. The van der Waals surface area contributed by atoms with Gasteiger partial charge in [0.2, 0.25) is 0 Å². The molecule has 2 N–H and O–H groups in total. The van der Waals surface area contributed by atoms with Gasteiger partial charge in [0, 0.05) is 0 Å². The molecule has 5 heteroatoms. The Morgan fingerprint density at radius 3 is 2.57 bits per heavy atom. The van der Waals surface area contributed by atoms with Gasteiger partial charge in [0.15, 0.2) is 5.69 Å². The second-order valence-electron chi connectivity index (χ2n) is 4.59. The molecule has 0 aliphatic carbocycles. The maximum absolute atomic E-state index is 10.9. The molecule has 1 unspecified atom stereocenters. The monoisotopic (exact) mass is 286 g/mol. The third-order valence-electron chi connectivity index (χ3n) is 3.22. The van der Waals surface area contributed by atoms with Crippen LogP contribution in [0.25, 0.3) is 0 Å². The van der Waals surface area contributed by atoms with E-state index in [0.717, 1.165) is 17.7 Å². The van der Waals surface area contributed by atoms with Crippen LogP contribution in [0, 0.1) is 0 Å². The van der Waals surface area contributed by atoms with E-state index in [1.807, 2.05) is 24.3 Å². The van der Waals surface area contributed by atoms with Crippen LogP contribution in [-0.4, -0.2) is 23.2 Å². The summed E-state index contributed by atoms with van der Waals surface area (Å²) >= 11 is 0. The third kappa shape index (κ3) is 3.72. The lowest BCUT2D eigenvalue weighted by Crippen LogP contribution is -2.12. The van der Waals surface area contributed by atoms with Crippen LogP contribution in [-0.2, 0) is 0 Å². The first-order valence-corrected chi connectivity index (χ1v) is 6.75. The fraction of sp³-hybridized carbons (Fsp3) is 0.250. The number of pyridine rings is 1. The van der Waals surface area contributed by atoms with Gasteiger partial charge >= 0.3 is 5.97 Å². The molecule has 0 saturated heterocycles. The van der Waals surface area contributed by atoms with E-state index in [1.165, 1.54) is 6.07 Å². The van der Waals surface area contributed by atoms with E-state index in [1.54, 1.807) is 19.2 Å². The summed E-state index contributed by atoms with van der Waals surface area (Å²) in [4.78, 5) is 15.0. The summed E-state index contributed by atoms with van der Waals surface area (Å²) < 4.78 is 5.14. The quantitative estimate of drug-likeness (QED) is 0.852. The van der Waals surface area contributed by atoms with Crippen LogP contribution in [0.2, 0.25) is 0 Å². The zero-order chi connectivity index (χ0) is 15.2. The molecule has 1 atom stereocenters. The average molecular weight is 286 g/mol. The molecule has 1 heterocycles. The number of carboxylic acids is 1. The Morgan fingerprint density at radius 1 is 1.29 bits per heavy atom. The molecular weight excluding hydrogens is 268 g/mol. The van der Waals surface area contributed by atoms with Crippen molar-refractivity contribution in [2.24, 2.45) is 0 Å². The maximum atomic E-state index is 10.9. The fourth-order valence-electron chi connectivity index (χ4n) is 2.07. The molecule has 0 bridgehead atoms.